The first-order valence-electron chi connectivity index (χ1n) is 13.7. The van der Waals surface area contributed by atoms with Gasteiger partial charge in [0.25, 0.3) is 5.91 Å². The number of nitrogens with one attached hydrogen (secondary N) is 3. The molecule has 3 rings (SSSR count). The van der Waals surface area contributed by atoms with Crippen molar-refractivity contribution >= 4 is 52.7 Å². The summed E-state index contributed by atoms with van der Waals surface area (Å²) in [4.78, 5) is 66.1. The van der Waals surface area contributed by atoms with Crippen LogP contribution >= 0.6 is 23.2 Å². The largest absolute Gasteiger partial charge is 0.363 e. The molecule has 0 bridgehead atoms. The van der Waals surface area contributed by atoms with E-state index in [2.05, 4.69) is 16.0 Å². The van der Waals surface area contributed by atoms with E-state index in [0.717, 1.165) is 19.3 Å². The highest BCUT2D eigenvalue weighted by Crippen LogP contribution is 2.65. The molecule has 3 unspecified atom stereocenters. The molecule has 1 heterocycles. The Hall–Kier alpha value is -2.07. The van der Waals surface area contributed by atoms with Gasteiger partial charge in [0, 0.05) is 24.4 Å². The number of primary amides is 1. The number of fused-ring (bicyclic) bond motifs is 1. The van der Waals surface area contributed by atoms with Gasteiger partial charge < -0.3 is 26.6 Å². The molecule has 1 aliphatic heterocycles. The lowest BCUT2D eigenvalue weighted by atomic mass is 9.80. The average Bonchev–Trinajstić information content (AvgIpc) is 3.10. The average molecular weight is 589 g/mol. The zero-order chi connectivity index (χ0) is 29.7. The van der Waals surface area contributed by atoms with Crippen LogP contribution in [0.3, 0.4) is 0 Å². The summed E-state index contributed by atoms with van der Waals surface area (Å²) in [5, 5.41) is 8.37. The highest BCUT2D eigenvalue weighted by atomic mass is 35.5. The second-order valence-electron chi connectivity index (χ2n) is 13.6. The summed E-state index contributed by atoms with van der Waals surface area (Å²) in [6, 6.07) is -3.78. The Morgan fingerprint density at radius 2 is 1.56 bits per heavy atom. The van der Waals surface area contributed by atoms with Gasteiger partial charge in [-0.3, -0.25) is 19.2 Å². The van der Waals surface area contributed by atoms with Crippen LogP contribution in [0.1, 0.15) is 74.1 Å². The molecule has 5 N–H and O–H groups in total. The second kappa shape index (κ2) is 11.1. The fraction of sp³-hybridized carbons (Fsp3) is 0.815. The van der Waals surface area contributed by atoms with Crippen molar-refractivity contribution in [2.45, 2.75) is 103 Å². The summed E-state index contributed by atoms with van der Waals surface area (Å²) in [6.07, 6.45) is 3.12. The number of carbonyl (C=O) groups is 5. The predicted octanol–water partition coefficient (Wildman–Crippen LogP) is 2.50. The van der Waals surface area contributed by atoms with Crippen LogP contribution in [-0.4, -0.2) is 69.5 Å². The molecular formula is C27H43Cl2N5O5. The molecule has 0 radical (unpaired) electrons. The standard InChI is InChI=1S/C27H43Cl2N5O5/c1-13(25(2,3)4)31-24(39)33-20(26(5,6)7)23(38)34-12-15-17(27(15,28)29)18(34)22(37)32-16(19(35)21(30)36)11-14-9-8-10-14/h13-18,20H,8-12H2,1-7H3,(H2,30,36)(H,32,37)(H2,31,33,39)/t13?,15-,16?,17?,18-,20+/m0/s1. The lowest BCUT2D eigenvalue weighted by molar-refractivity contribution is -0.144. The molecule has 2 aliphatic carbocycles. The number of hydrogen-bond donors (Lipinski definition) is 4. The van der Waals surface area contributed by atoms with Crippen molar-refractivity contribution < 1.29 is 24.0 Å². The van der Waals surface area contributed by atoms with Crippen LogP contribution in [0.4, 0.5) is 4.79 Å². The van der Waals surface area contributed by atoms with Gasteiger partial charge in [-0.1, -0.05) is 60.8 Å². The number of carbonyl (C=O) groups excluding carboxylic acids is 5. The third kappa shape index (κ3) is 6.81. The molecule has 0 spiro atoms. The molecule has 5 amide bonds. The van der Waals surface area contributed by atoms with E-state index in [1.165, 1.54) is 4.90 Å². The maximum atomic E-state index is 13.9. The first-order chi connectivity index (χ1) is 17.8. The Kier molecular flexibility index (Phi) is 8.93. The maximum Gasteiger partial charge on any atom is 0.315 e. The molecule has 3 aliphatic rings. The summed E-state index contributed by atoms with van der Waals surface area (Å²) in [6.45, 7) is 13.5. The summed E-state index contributed by atoms with van der Waals surface area (Å²) >= 11 is 12.9. The first kappa shape index (κ1) is 31.5. The number of urea groups is 1. The molecule has 10 nitrogen and oxygen atoms in total. The molecule has 0 aromatic carbocycles. The van der Waals surface area contributed by atoms with Gasteiger partial charge in [0.05, 0.1) is 6.04 Å². The van der Waals surface area contributed by atoms with E-state index in [4.69, 9.17) is 28.9 Å². The van der Waals surface area contributed by atoms with Gasteiger partial charge in [-0.05, 0) is 30.1 Å². The molecule has 220 valence electrons. The van der Waals surface area contributed by atoms with Gasteiger partial charge in [-0.2, -0.15) is 0 Å². The number of likely N-dealkylation sites (tertiary alicyclic amines) is 1. The number of hydrogen-bond acceptors (Lipinski definition) is 5. The van der Waals surface area contributed by atoms with Gasteiger partial charge in [-0.25, -0.2) is 4.79 Å². The fourth-order valence-electron chi connectivity index (χ4n) is 5.26. The number of halogens is 2. The van der Waals surface area contributed by atoms with Crippen molar-refractivity contribution in [2.24, 2.45) is 34.3 Å². The van der Waals surface area contributed by atoms with Gasteiger partial charge in [0.1, 0.15) is 16.4 Å². The van der Waals surface area contributed by atoms with Crippen LogP contribution in [0.2, 0.25) is 0 Å². The fourth-order valence-corrected chi connectivity index (χ4v) is 6.08. The highest BCUT2D eigenvalue weighted by molar-refractivity contribution is 6.51. The monoisotopic (exact) mass is 587 g/mol. The number of ketones is 1. The number of Topliss-reactive ketones (excluding diaryl/α,β-unsaturated/α-hetero) is 1. The van der Waals surface area contributed by atoms with Crippen molar-refractivity contribution in [3.63, 3.8) is 0 Å². The molecule has 6 atom stereocenters. The number of amides is 5. The smallest absolute Gasteiger partial charge is 0.315 e. The first-order valence-corrected chi connectivity index (χ1v) is 14.4. The molecule has 0 aromatic heterocycles. The van der Waals surface area contributed by atoms with Crippen molar-refractivity contribution in [1.29, 1.82) is 0 Å². The SMILES string of the molecule is CC(NC(=O)N[C@H](C(=O)N1C[C@H]2C([C@H]1C(=O)NC(CC1CCC1)C(=O)C(N)=O)C2(Cl)Cl)C(C)(C)C)C(C)(C)C. The zero-order valence-electron chi connectivity index (χ0n) is 23.9. The second-order valence-corrected chi connectivity index (χ2v) is 15.0. The van der Waals surface area contributed by atoms with Gasteiger partial charge in [0.2, 0.25) is 17.6 Å². The number of nitrogens with two attached hydrogens (primary N) is 1. The lowest BCUT2D eigenvalue weighted by Gasteiger charge is -2.38. The van der Waals surface area contributed by atoms with E-state index in [1.54, 1.807) is 0 Å². The molecule has 3 fully saturated rings. The normalized spacial score (nSPS) is 26.4. The highest BCUT2D eigenvalue weighted by Gasteiger charge is 2.74. The van der Waals surface area contributed by atoms with Gasteiger partial charge >= 0.3 is 6.03 Å². The number of piperidine rings is 1. The predicted molar refractivity (Wildman–Crippen MR) is 149 cm³/mol. The summed E-state index contributed by atoms with van der Waals surface area (Å²) in [5.41, 5.74) is 4.37. The lowest BCUT2D eigenvalue weighted by Crippen LogP contribution is -2.62. The van der Waals surface area contributed by atoms with Gasteiger partial charge in [-0.15, -0.1) is 23.2 Å². The Bertz CT molecular complexity index is 1020. The van der Waals surface area contributed by atoms with E-state index in [0.29, 0.717) is 6.42 Å². The Labute approximate surface area is 240 Å². The topological polar surface area (TPSA) is 151 Å². The van der Waals surface area contributed by atoms with Crippen molar-refractivity contribution in [2.75, 3.05) is 6.54 Å². The van der Waals surface area contributed by atoms with Crippen molar-refractivity contribution in [3.8, 4) is 0 Å². The van der Waals surface area contributed by atoms with Crippen molar-refractivity contribution in [1.82, 2.24) is 20.9 Å². The summed E-state index contributed by atoms with van der Waals surface area (Å²) in [5.74, 6) is -3.75. The molecule has 2 saturated carbocycles. The van der Waals surface area contributed by atoms with Crippen LogP contribution in [0.15, 0.2) is 0 Å². The summed E-state index contributed by atoms with van der Waals surface area (Å²) < 4.78 is -1.19. The third-order valence-electron chi connectivity index (χ3n) is 8.59. The zero-order valence-corrected chi connectivity index (χ0v) is 25.4. The Balaban J connectivity index is 1.82. The molecule has 12 heteroatoms. The number of nitrogens with zero attached hydrogens (tertiary/aromatic N) is 1. The van der Waals surface area contributed by atoms with Crippen LogP contribution in [0, 0.1) is 28.6 Å². The van der Waals surface area contributed by atoms with E-state index in [1.807, 2.05) is 48.5 Å². The van der Waals surface area contributed by atoms with E-state index in [9.17, 15) is 24.0 Å². The minimum Gasteiger partial charge on any atom is -0.363 e. The number of alkyl halides is 2. The van der Waals surface area contributed by atoms with Gasteiger partial charge in [0.15, 0.2) is 0 Å². The molecular weight excluding hydrogens is 545 g/mol. The number of rotatable bonds is 9. The van der Waals surface area contributed by atoms with Crippen LogP contribution < -0.4 is 21.7 Å². The van der Waals surface area contributed by atoms with Crippen molar-refractivity contribution in [3.05, 3.63) is 0 Å². The van der Waals surface area contributed by atoms with E-state index < -0.39 is 63.3 Å². The Morgan fingerprint density at radius 3 is 2.03 bits per heavy atom. The maximum absolute atomic E-state index is 13.9. The minimum absolute atomic E-state index is 0.125. The van der Waals surface area contributed by atoms with E-state index in [-0.39, 0.29) is 29.8 Å². The minimum atomic E-state index is -1.19. The molecule has 0 aromatic rings. The van der Waals surface area contributed by atoms with Crippen LogP contribution in [0.5, 0.6) is 0 Å². The van der Waals surface area contributed by atoms with Crippen LogP contribution in [-0.2, 0) is 19.2 Å². The summed E-state index contributed by atoms with van der Waals surface area (Å²) in [7, 11) is 0. The van der Waals surface area contributed by atoms with Crippen LogP contribution in [0.25, 0.3) is 0 Å². The quantitative estimate of drug-likeness (QED) is 0.241. The Morgan fingerprint density at radius 1 is 0.974 bits per heavy atom. The molecule has 1 saturated heterocycles. The van der Waals surface area contributed by atoms with E-state index >= 15 is 0 Å². The third-order valence-corrected chi connectivity index (χ3v) is 9.65. The molecule has 39 heavy (non-hydrogen) atoms.